The first kappa shape index (κ1) is 27.3. The van der Waals surface area contributed by atoms with E-state index in [0.29, 0.717) is 30.5 Å². The molecular formula is C24H31ClFN5O5S. The molecule has 2 aromatic rings. The van der Waals surface area contributed by atoms with Crippen molar-refractivity contribution in [2.75, 3.05) is 5.75 Å². The first-order valence-electron chi connectivity index (χ1n) is 12.0. The molecule has 2 aliphatic rings. The molecule has 2 aliphatic heterocycles. The maximum atomic E-state index is 14.6. The lowest BCUT2D eigenvalue weighted by Gasteiger charge is -2.40. The molecule has 0 aliphatic carbocycles. The second kappa shape index (κ2) is 10.2. The molecule has 0 saturated carbocycles. The third kappa shape index (κ3) is 6.24. The summed E-state index contributed by atoms with van der Waals surface area (Å²) >= 11 is 5.98. The fraction of sp³-hybridized carbons (Fsp3) is 0.542. The van der Waals surface area contributed by atoms with Gasteiger partial charge in [-0.05, 0) is 64.5 Å². The van der Waals surface area contributed by atoms with E-state index in [9.17, 15) is 22.4 Å². The van der Waals surface area contributed by atoms with Crippen LogP contribution < -0.4 is 10.3 Å². The molecule has 0 radical (unpaired) electrons. The van der Waals surface area contributed by atoms with Crippen molar-refractivity contribution in [2.24, 2.45) is 13.0 Å². The van der Waals surface area contributed by atoms with Gasteiger partial charge in [0.15, 0.2) is 5.82 Å². The molecule has 2 amide bonds. The summed E-state index contributed by atoms with van der Waals surface area (Å²) in [5, 5.41) is -0.295. The molecule has 3 atom stereocenters. The topological polar surface area (TPSA) is 123 Å². The van der Waals surface area contributed by atoms with Crippen LogP contribution in [0.2, 0.25) is 5.02 Å². The summed E-state index contributed by atoms with van der Waals surface area (Å²) in [6.45, 7) is 5.36. The van der Waals surface area contributed by atoms with Gasteiger partial charge < -0.3 is 14.2 Å². The SMILES string of the molecule is Cn1cnc(-c2cc(Cl)c(F)c(C(=O)NNS(=O)(=O)C[C@H]3CC[C@H]4CC[C@@H]3N4C(=O)OC(C)(C)C)c2)c1. The van der Waals surface area contributed by atoms with Gasteiger partial charge in [0.2, 0.25) is 10.0 Å². The molecule has 2 N–H and O–H groups in total. The average molecular weight is 556 g/mol. The van der Waals surface area contributed by atoms with Gasteiger partial charge in [0, 0.05) is 30.9 Å². The number of hydrogen-bond donors (Lipinski definition) is 2. The largest absolute Gasteiger partial charge is 0.444 e. The number of fused-ring (bicyclic) bond motifs is 2. The van der Waals surface area contributed by atoms with Crippen LogP contribution in [0.1, 0.15) is 56.8 Å². The Hall–Kier alpha value is -2.70. The molecule has 37 heavy (non-hydrogen) atoms. The number of ether oxygens (including phenoxy) is 1. The summed E-state index contributed by atoms with van der Waals surface area (Å²) in [7, 11) is -2.25. The van der Waals surface area contributed by atoms with Crippen molar-refractivity contribution in [2.45, 2.75) is 64.1 Å². The number of nitrogens with zero attached hydrogens (tertiary/aromatic N) is 3. The van der Waals surface area contributed by atoms with E-state index in [2.05, 4.69) is 15.2 Å². The van der Waals surface area contributed by atoms with Crippen LogP contribution >= 0.6 is 11.6 Å². The molecule has 2 bridgehead atoms. The summed E-state index contributed by atoms with van der Waals surface area (Å²) in [6.07, 6.45) is 5.54. The summed E-state index contributed by atoms with van der Waals surface area (Å²) in [5.41, 5.74) is 1.87. The molecule has 13 heteroatoms. The number of nitrogens with one attached hydrogen (secondary N) is 2. The zero-order valence-electron chi connectivity index (χ0n) is 21.1. The van der Waals surface area contributed by atoms with Crippen molar-refractivity contribution in [3.63, 3.8) is 0 Å². The lowest BCUT2D eigenvalue weighted by molar-refractivity contribution is 0.000480. The Morgan fingerprint density at radius 1 is 1.22 bits per heavy atom. The maximum Gasteiger partial charge on any atom is 0.410 e. The summed E-state index contributed by atoms with van der Waals surface area (Å²) in [4.78, 5) is 33.4. The lowest BCUT2D eigenvalue weighted by atomic mass is 9.92. The van der Waals surface area contributed by atoms with Crippen LogP contribution in [0, 0.1) is 11.7 Å². The van der Waals surface area contributed by atoms with E-state index in [1.165, 1.54) is 12.1 Å². The van der Waals surface area contributed by atoms with Gasteiger partial charge in [-0.2, -0.15) is 0 Å². The van der Waals surface area contributed by atoms with E-state index >= 15 is 0 Å². The molecule has 2 saturated heterocycles. The number of hydrazine groups is 1. The molecule has 1 aromatic carbocycles. The summed E-state index contributed by atoms with van der Waals surface area (Å²) in [6, 6.07) is 2.36. The molecule has 3 heterocycles. The highest BCUT2D eigenvalue weighted by Crippen LogP contribution is 2.40. The highest BCUT2D eigenvalue weighted by Gasteiger charge is 2.47. The Kier molecular flexibility index (Phi) is 7.55. The van der Waals surface area contributed by atoms with Gasteiger partial charge in [-0.15, -0.1) is 4.83 Å². The zero-order valence-corrected chi connectivity index (χ0v) is 22.7. The number of imidazole rings is 1. The number of piperidine rings is 1. The number of aromatic nitrogens is 2. The van der Waals surface area contributed by atoms with Crippen molar-refractivity contribution in [3.05, 3.63) is 41.1 Å². The predicted octanol–water partition coefficient (Wildman–Crippen LogP) is 3.62. The van der Waals surface area contributed by atoms with E-state index in [1.54, 1.807) is 49.8 Å². The number of sulfonamides is 1. The molecular weight excluding hydrogens is 525 g/mol. The van der Waals surface area contributed by atoms with Gasteiger partial charge in [-0.3, -0.25) is 10.2 Å². The smallest absolute Gasteiger partial charge is 0.410 e. The van der Waals surface area contributed by atoms with Crippen LogP contribution in [-0.4, -0.2) is 58.3 Å². The van der Waals surface area contributed by atoms with E-state index < -0.39 is 39.0 Å². The number of benzene rings is 1. The van der Waals surface area contributed by atoms with E-state index in [4.69, 9.17) is 16.3 Å². The van der Waals surface area contributed by atoms with E-state index in [1.807, 2.05) is 0 Å². The zero-order chi connectivity index (χ0) is 27.1. The average Bonchev–Trinajstić information content (AvgIpc) is 3.37. The second-order valence-electron chi connectivity index (χ2n) is 10.6. The molecule has 10 nitrogen and oxygen atoms in total. The number of carbonyl (C=O) groups is 2. The van der Waals surface area contributed by atoms with Crippen molar-refractivity contribution >= 4 is 33.6 Å². The monoisotopic (exact) mass is 555 g/mol. The van der Waals surface area contributed by atoms with Crippen molar-refractivity contribution in [1.29, 1.82) is 0 Å². The van der Waals surface area contributed by atoms with Crippen LogP contribution in [0.15, 0.2) is 24.7 Å². The normalized spacial score (nSPS) is 21.7. The minimum atomic E-state index is -4.01. The third-order valence-corrected chi connectivity index (χ3v) is 8.15. The Balaban J connectivity index is 1.43. The molecule has 1 aromatic heterocycles. The van der Waals surface area contributed by atoms with Gasteiger partial charge in [0.1, 0.15) is 5.60 Å². The first-order chi connectivity index (χ1) is 17.2. The standard InChI is InChI=1S/C24H31ClFN5O5S/c1-24(2,3)36-23(33)31-16-6-5-14(20(31)8-7-16)12-37(34,35)29-28-22(32)17-9-15(10-18(25)21(17)26)19-11-30(4)13-27-19/h9-11,13-14,16,20,29H,5-8,12H2,1-4H3,(H,28,32)/t14-,16+,20+/m1/s1. The molecule has 0 spiro atoms. The van der Waals surface area contributed by atoms with Gasteiger partial charge in [0.25, 0.3) is 5.91 Å². The van der Waals surface area contributed by atoms with Crippen LogP contribution in [-0.2, 0) is 21.8 Å². The lowest BCUT2D eigenvalue weighted by Crippen LogP contribution is -2.52. The number of rotatable bonds is 6. The first-order valence-corrected chi connectivity index (χ1v) is 14.1. The molecule has 202 valence electrons. The van der Waals surface area contributed by atoms with E-state index in [-0.39, 0.29) is 28.8 Å². The number of aryl methyl sites for hydroxylation is 1. The minimum Gasteiger partial charge on any atom is -0.444 e. The molecule has 2 fully saturated rings. The fourth-order valence-electron chi connectivity index (χ4n) is 5.03. The van der Waals surface area contributed by atoms with Crippen molar-refractivity contribution in [3.8, 4) is 11.3 Å². The van der Waals surface area contributed by atoms with Crippen LogP contribution in [0.25, 0.3) is 11.3 Å². The van der Waals surface area contributed by atoms with Gasteiger partial charge >= 0.3 is 6.09 Å². The molecule has 0 unspecified atom stereocenters. The Bertz CT molecular complexity index is 1310. The molecule has 4 rings (SSSR count). The van der Waals surface area contributed by atoms with Crippen molar-refractivity contribution < 1.29 is 27.1 Å². The second-order valence-corrected chi connectivity index (χ2v) is 12.8. The van der Waals surface area contributed by atoms with Gasteiger partial charge in [0.05, 0.1) is 28.4 Å². The van der Waals surface area contributed by atoms with Gasteiger partial charge in [-0.25, -0.2) is 22.6 Å². The summed E-state index contributed by atoms with van der Waals surface area (Å²) < 4.78 is 47.6. The third-order valence-electron chi connectivity index (χ3n) is 6.59. The van der Waals surface area contributed by atoms with Crippen LogP contribution in [0.5, 0.6) is 0 Å². The number of halogens is 2. The highest BCUT2D eigenvalue weighted by atomic mass is 35.5. The van der Waals surface area contributed by atoms with E-state index in [0.717, 1.165) is 6.42 Å². The van der Waals surface area contributed by atoms with Crippen LogP contribution in [0.3, 0.4) is 0 Å². The van der Waals surface area contributed by atoms with Crippen LogP contribution in [0.4, 0.5) is 9.18 Å². The number of hydrogen-bond acceptors (Lipinski definition) is 6. The number of amides is 2. The number of carbonyl (C=O) groups excluding carboxylic acids is 2. The fourth-order valence-corrected chi connectivity index (χ4v) is 6.53. The Morgan fingerprint density at radius 2 is 1.92 bits per heavy atom. The summed E-state index contributed by atoms with van der Waals surface area (Å²) in [5.74, 6) is -2.61. The van der Waals surface area contributed by atoms with Gasteiger partial charge in [-0.1, -0.05) is 11.6 Å². The Labute approximate surface area is 220 Å². The Morgan fingerprint density at radius 3 is 2.57 bits per heavy atom. The minimum absolute atomic E-state index is 0.0329. The maximum absolute atomic E-state index is 14.6. The predicted molar refractivity (Wildman–Crippen MR) is 136 cm³/mol. The highest BCUT2D eigenvalue weighted by molar-refractivity contribution is 7.89. The quantitative estimate of drug-likeness (QED) is 0.525. The van der Waals surface area contributed by atoms with Crippen molar-refractivity contribution in [1.82, 2.24) is 24.7 Å².